The van der Waals surface area contributed by atoms with E-state index < -0.39 is 43.5 Å². The Morgan fingerprint density at radius 3 is 2.33 bits per heavy atom. The first-order valence-electron chi connectivity index (χ1n) is 5.25. The van der Waals surface area contributed by atoms with Gasteiger partial charge in [-0.05, 0) is 0 Å². The molecule has 1 heterocycles. The van der Waals surface area contributed by atoms with Gasteiger partial charge in [0.25, 0.3) is 0 Å². The molecule has 1 saturated heterocycles. The Hall–Kier alpha value is -0.970. The Morgan fingerprint density at radius 2 is 1.78 bits per heavy atom. The van der Waals surface area contributed by atoms with Crippen LogP contribution in [-0.2, 0) is 14.2 Å². The zero-order valence-electron chi connectivity index (χ0n) is 9.38. The Kier molecular flexibility index (Phi) is 5.72. The van der Waals surface area contributed by atoms with Gasteiger partial charge in [-0.2, -0.15) is 0 Å². The van der Waals surface area contributed by atoms with E-state index in [1.807, 2.05) is 0 Å². The molecule has 1 fully saturated rings. The summed E-state index contributed by atoms with van der Waals surface area (Å²) in [5, 5.41) is 45.5. The average molecular weight is 268 g/mol. The molecule has 0 amide bonds. The van der Waals surface area contributed by atoms with Gasteiger partial charge in [0, 0.05) is 0 Å². The van der Waals surface area contributed by atoms with Crippen LogP contribution in [0.5, 0.6) is 0 Å². The van der Waals surface area contributed by atoms with Crippen LogP contribution in [0, 0.1) is 0 Å². The lowest BCUT2D eigenvalue weighted by Gasteiger charge is -2.39. The third kappa shape index (κ3) is 3.77. The second-order valence-electron chi connectivity index (χ2n) is 3.68. The minimum atomic E-state index is -1.53. The molecule has 5 atom stereocenters. The molecule has 1 aliphatic rings. The van der Waals surface area contributed by atoms with Gasteiger partial charge in [-0.1, -0.05) is 0 Å². The number of aliphatic hydroxyl groups excluding tert-OH is 4. The number of aliphatic hydroxyl groups is 4. The topological polar surface area (TPSA) is 146 Å². The van der Waals surface area contributed by atoms with Crippen molar-refractivity contribution >= 4 is 6.16 Å². The molecular weight excluding hydrogens is 252 g/mol. The largest absolute Gasteiger partial charge is 0.505 e. The molecule has 1 rings (SSSR count). The first-order valence-corrected chi connectivity index (χ1v) is 5.25. The molecule has 0 bridgehead atoms. The maximum atomic E-state index is 10.0. The molecule has 0 saturated carbocycles. The second-order valence-corrected chi connectivity index (χ2v) is 3.68. The number of rotatable bonds is 5. The highest BCUT2D eigenvalue weighted by Gasteiger charge is 2.43. The van der Waals surface area contributed by atoms with Crippen molar-refractivity contribution in [3.8, 4) is 0 Å². The van der Waals surface area contributed by atoms with Crippen LogP contribution in [0.25, 0.3) is 0 Å². The third-order valence-electron chi connectivity index (χ3n) is 2.44. The number of hydrogen-bond acceptors (Lipinski definition) is 8. The molecule has 9 heteroatoms. The quantitative estimate of drug-likeness (QED) is 0.269. The van der Waals surface area contributed by atoms with E-state index in [4.69, 9.17) is 19.7 Å². The lowest BCUT2D eigenvalue weighted by Crippen LogP contribution is -2.59. The molecule has 0 aromatic carbocycles. The van der Waals surface area contributed by atoms with Crippen LogP contribution in [0.15, 0.2) is 0 Å². The van der Waals surface area contributed by atoms with E-state index in [0.29, 0.717) is 0 Å². The SMILES string of the molecule is O=C(O)OCCO[C@@H]1O[C@H](CO)[C@@H](O)[C@H](O)[C@H]1O. The third-order valence-corrected chi connectivity index (χ3v) is 2.44. The standard InChI is InChI=1S/C9H16O9/c10-3-4-5(11)6(12)7(13)8(18-4)16-1-2-17-9(14)15/h4-8,10-13H,1-3H2,(H,14,15)/t4-,5-,6+,7-,8-/m1/s1. The van der Waals surface area contributed by atoms with Crippen molar-refractivity contribution < 1.29 is 44.5 Å². The monoisotopic (exact) mass is 268 g/mol. The van der Waals surface area contributed by atoms with Gasteiger partial charge in [0.05, 0.1) is 13.2 Å². The second kappa shape index (κ2) is 6.83. The summed E-state index contributed by atoms with van der Waals surface area (Å²) in [6.07, 6.45) is -8.30. The summed E-state index contributed by atoms with van der Waals surface area (Å²) in [6.45, 7) is -1.03. The fourth-order valence-electron chi connectivity index (χ4n) is 1.50. The molecule has 0 aromatic rings. The van der Waals surface area contributed by atoms with E-state index in [1.54, 1.807) is 0 Å². The number of carboxylic acid groups (broad SMARTS) is 1. The van der Waals surface area contributed by atoms with Gasteiger partial charge in [-0.15, -0.1) is 0 Å². The van der Waals surface area contributed by atoms with E-state index in [9.17, 15) is 20.1 Å². The molecule has 18 heavy (non-hydrogen) atoms. The molecular formula is C9H16O9. The highest BCUT2D eigenvalue weighted by molar-refractivity contribution is 5.56. The molecule has 0 unspecified atom stereocenters. The smallest absolute Gasteiger partial charge is 0.450 e. The predicted octanol–water partition coefficient (Wildman–Crippen LogP) is -2.50. The van der Waals surface area contributed by atoms with E-state index in [1.165, 1.54) is 0 Å². The van der Waals surface area contributed by atoms with Crippen LogP contribution in [0.2, 0.25) is 0 Å². The van der Waals surface area contributed by atoms with Crippen LogP contribution < -0.4 is 0 Å². The van der Waals surface area contributed by atoms with Crippen molar-refractivity contribution in [2.24, 2.45) is 0 Å². The fraction of sp³-hybridized carbons (Fsp3) is 0.889. The molecule has 0 aliphatic carbocycles. The van der Waals surface area contributed by atoms with Gasteiger partial charge in [0.1, 0.15) is 31.0 Å². The first kappa shape index (κ1) is 15.1. The molecule has 1 aliphatic heterocycles. The zero-order valence-corrected chi connectivity index (χ0v) is 9.38. The maximum absolute atomic E-state index is 10.0. The van der Waals surface area contributed by atoms with Gasteiger partial charge < -0.3 is 39.7 Å². The van der Waals surface area contributed by atoms with Crippen LogP contribution in [0.3, 0.4) is 0 Å². The Labute approximate surface area is 102 Å². The minimum absolute atomic E-state index is 0.199. The van der Waals surface area contributed by atoms with E-state index in [0.717, 1.165) is 0 Å². The van der Waals surface area contributed by atoms with Crippen LogP contribution in [0.4, 0.5) is 4.79 Å². The van der Waals surface area contributed by atoms with Crippen molar-refractivity contribution in [3.05, 3.63) is 0 Å². The Morgan fingerprint density at radius 1 is 1.11 bits per heavy atom. The minimum Gasteiger partial charge on any atom is -0.450 e. The van der Waals surface area contributed by atoms with E-state index >= 15 is 0 Å². The Balaban J connectivity index is 2.41. The van der Waals surface area contributed by atoms with Crippen molar-refractivity contribution in [2.45, 2.75) is 30.7 Å². The van der Waals surface area contributed by atoms with Crippen LogP contribution in [0.1, 0.15) is 0 Å². The van der Waals surface area contributed by atoms with Gasteiger partial charge in [0.15, 0.2) is 6.29 Å². The summed E-state index contributed by atoms with van der Waals surface area (Å²) >= 11 is 0. The fourth-order valence-corrected chi connectivity index (χ4v) is 1.50. The van der Waals surface area contributed by atoms with Crippen LogP contribution >= 0.6 is 0 Å². The molecule has 106 valence electrons. The van der Waals surface area contributed by atoms with Gasteiger partial charge in [0.2, 0.25) is 0 Å². The molecule has 0 aromatic heterocycles. The normalized spacial score (nSPS) is 36.3. The lowest BCUT2D eigenvalue weighted by atomic mass is 9.99. The van der Waals surface area contributed by atoms with Gasteiger partial charge in [-0.25, -0.2) is 4.79 Å². The summed E-state index contributed by atoms with van der Waals surface area (Å²) in [5.41, 5.74) is 0. The average Bonchev–Trinajstić information content (AvgIpc) is 2.34. The number of carbonyl (C=O) groups is 1. The lowest BCUT2D eigenvalue weighted by molar-refractivity contribution is -0.302. The van der Waals surface area contributed by atoms with E-state index in [-0.39, 0.29) is 13.2 Å². The van der Waals surface area contributed by atoms with Gasteiger partial charge >= 0.3 is 6.16 Å². The van der Waals surface area contributed by atoms with Gasteiger partial charge in [-0.3, -0.25) is 0 Å². The van der Waals surface area contributed by atoms with Crippen molar-refractivity contribution in [3.63, 3.8) is 0 Å². The maximum Gasteiger partial charge on any atom is 0.505 e. The van der Waals surface area contributed by atoms with E-state index in [2.05, 4.69) is 4.74 Å². The van der Waals surface area contributed by atoms with Crippen molar-refractivity contribution in [1.29, 1.82) is 0 Å². The van der Waals surface area contributed by atoms with Crippen molar-refractivity contribution in [2.75, 3.05) is 19.8 Å². The molecule has 9 nitrogen and oxygen atoms in total. The number of hydrogen-bond donors (Lipinski definition) is 5. The van der Waals surface area contributed by atoms with Crippen LogP contribution in [-0.4, -0.2) is 82.2 Å². The summed E-state index contributed by atoms with van der Waals surface area (Å²) in [7, 11) is 0. The zero-order chi connectivity index (χ0) is 13.7. The number of ether oxygens (including phenoxy) is 3. The molecule has 0 radical (unpaired) electrons. The van der Waals surface area contributed by atoms with Crippen molar-refractivity contribution in [1.82, 2.24) is 0 Å². The summed E-state index contributed by atoms with van der Waals surface area (Å²) in [4.78, 5) is 10.0. The molecule has 0 spiro atoms. The predicted molar refractivity (Wildman–Crippen MR) is 53.7 cm³/mol. The highest BCUT2D eigenvalue weighted by Crippen LogP contribution is 2.21. The Bertz CT molecular complexity index is 269. The summed E-state index contributed by atoms with van der Waals surface area (Å²) in [5.74, 6) is 0. The highest BCUT2D eigenvalue weighted by atomic mass is 16.7. The first-order chi connectivity index (χ1) is 8.47. The summed E-state index contributed by atoms with van der Waals surface area (Å²) < 4.78 is 14.1. The summed E-state index contributed by atoms with van der Waals surface area (Å²) in [6, 6.07) is 0. The molecule has 5 N–H and O–H groups in total.